The van der Waals surface area contributed by atoms with Gasteiger partial charge < -0.3 is 4.74 Å². The summed E-state index contributed by atoms with van der Waals surface area (Å²) in [5, 5.41) is 14.2. The van der Waals surface area contributed by atoms with Crippen LogP contribution in [0.5, 0.6) is 5.75 Å². The summed E-state index contributed by atoms with van der Waals surface area (Å²) < 4.78 is 5.93. The Labute approximate surface area is 232 Å². The molecule has 9 nitrogen and oxygen atoms in total. The normalized spacial score (nSPS) is 22.5. The van der Waals surface area contributed by atoms with Gasteiger partial charge in [0.05, 0.1) is 18.3 Å². The van der Waals surface area contributed by atoms with Gasteiger partial charge in [-0.05, 0) is 13.0 Å². The summed E-state index contributed by atoms with van der Waals surface area (Å²) in [4.78, 5) is 30.6. The molecule has 197 valence electrons. The first-order valence-corrected chi connectivity index (χ1v) is 16.7. The van der Waals surface area contributed by atoms with E-state index in [-0.39, 0.29) is 5.92 Å². The van der Waals surface area contributed by atoms with Crippen molar-refractivity contribution >= 4 is 65.6 Å². The quantitative estimate of drug-likeness (QED) is 0.340. The summed E-state index contributed by atoms with van der Waals surface area (Å²) in [5.74, 6) is 1.97. The Hall–Kier alpha value is -2.68. The Balaban J connectivity index is 1.14. The summed E-state index contributed by atoms with van der Waals surface area (Å²) in [6, 6.07) is 4.01. The molecule has 0 saturated carbocycles. The number of hydrogen-bond acceptors (Lipinski definition) is 8. The molecule has 3 aromatic heterocycles. The molecule has 1 aliphatic carbocycles. The van der Waals surface area contributed by atoms with E-state index in [2.05, 4.69) is 35.3 Å². The number of H-pyrrole nitrogens is 1. The van der Waals surface area contributed by atoms with E-state index < -0.39 is 0 Å². The van der Waals surface area contributed by atoms with Crippen LogP contribution >= 0.6 is 11.3 Å². The summed E-state index contributed by atoms with van der Waals surface area (Å²) in [7, 11) is 0. The molecule has 0 bridgehead atoms. The Morgan fingerprint density at radius 2 is 2.24 bits per heavy atom. The first-order chi connectivity index (χ1) is 18.7. The van der Waals surface area contributed by atoms with Gasteiger partial charge in [-0.3, -0.25) is 5.10 Å². The van der Waals surface area contributed by atoms with Crippen molar-refractivity contribution in [3.63, 3.8) is 0 Å². The topological polar surface area (TPSA) is 99.3 Å². The van der Waals surface area contributed by atoms with Gasteiger partial charge in [0.2, 0.25) is 0 Å². The van der Waals surface area contributed by atoms with Gasteiger partial charge in [-0.2, -0.15) is 5.10 Å². The molecule has 2 saturated heterocycles. The number of hydrogen-bond donors (Lipinski definition) is 2. The minimum absolute atomic E-state index is 0.0689. The second-order valence-corrected chi connectivity index (χ2v) is 14.3. The van der Waals surface area contributed by atoms with E-state index in [0.29, 0.717) is 33.1 Å². The minimum atomic E-state index is 0.0689. The molecule has 1 amide bonds. The monoisotopic (exact) mass is 592 g/mol. The first kappa shape index (κ1) is 24.4. The fraction of sp³-hybridized carbons (Fsp3) is 0.481. The average molecular weight is 593 g/mol. The van der Waals surface area contributed by atoms with Crippen LogP contribution in [0, 0.1) is 5.92 Å². The molecule has 3 aliphatic rings. The molecule has 2 fully saturated rings. The Morgan fingerprint density at radius 3 is 3.16 bits per heavy atom. The predicted octanol–water partition coefficient (Wildman–Crippen LogP) is 3.81. The molecule has 2 N–H and O–H groups in total. The third kappa shape index (κ3) is 4.36. The molecule has 1 radical (unpaired) electrons. The third-order valence-corrected chi connectivity index (χ3v) is 12.3. The van der Waals surface area contributed by atoms with Gasteiger partial charge in [0.25, 0.3) is 0 Å². The van der Waals surface area contributed by atoms with E-state index in [4.69, 9.17) is 4.74 Å². The van der Waals surface area contributed by atoms with Crippen LogP contribution in [0.25, 0.3) is 21.1 Å². The van der Waals surface area contributed by atoms with E-state index >= 15 is 0 Å². The van der Waals surface area contributed by atoms with Crippen molar-refractivity contribution in [1.29, 1.82) is 0 Å². The first-order valence-electron chi connectivity index (χ1n) is 13.5. The number of ether oxygens (including phenoxy) is 1. The molecule has 38 heavy (non-hydrogen) atoms. The molecule has 4 aromatic rings. The number of rotatable bonds is 5. The molecule has 2 atom stereocenters. The van der Waals surface area contributed by atoms with Crippen molar-refractivity contribution in [2.24, 2.45) is 5.92 Å². The number of nitrogens with zero attached hydrogens (tertiary/aromatic N) is 5. The van der Waals surface area contributed by atoms with Gasteiger partial charge in [0.1, 0.15) is 5.75 Å². The van der Waals surface area contributed by atoms with Gasteiger partial charge in [-0.15, -0.1) is 0 Å². The number of aryl methyl sites for hydroxylation is 1. The number of anilines is 2. The van der Waals surface area contributed by atoms with Crippen molar-refractivity contribution in [1.82, 2.24) is 30.0 Å². The third-order valence-electron chi connectivity index (χ3n) is 8.01. The molecule has 5 heterocycles. The number of aromatic amines is 1. The summed E-state index contributed by atoms with van der Waals surface area (Å²) in [6.07, 6.45) is 7.34. The number of amides is 1. The van der Waals surface area contributed by atoms with E-state index in [9.17, 15) is 4.79 Å². The van der Waals surface area contributed by atoms with Gasteiger partial charge in [-0.1, -0.05) is 0 Å². The molecule has 2 unspecified atom stereocenters. The van der Waals surface area contributed by atoms with Crippen LogP contribution in [0.15, 0.2) is 24.7 Å². The summed E-state index contributed by atoms with van der Waals surface area (Å²) in [6.45, 7) is 6.63. The molecule has 0 spiro atoms. The number of fused-ring (bicyclic) bond motifs is 5. The fourth-order valence-electron chi connectivity index (χ4n) is 6.10. The van der Waals surface area contributed by atoms with Gasteiger partial charge >= 0.3 is 169 Å². The number of benzene rings is 1. The van der Waals surface area contributed by atoms with E-state index in [1.807, 2.05) is 25.3 Å². The SMILES string of the molecule is CCOc1cc2[nH]ncc2cc1Nc1ncnc2sc3c(c12)CCC(C(=O)N1CCN2CCC[As]C2C1)C3. The maximum absolute atomic E-state index is 13.6. The molecular formula is C27H31AsN7O2S. The van der Waals surface area contributed by atoms with E-state index in [1.165, 1.54) is 28.6 Å². The maximum atomic E-state index is 13.6. The predicted molar refractivity (Wildman–Crippen MR) is 151 cm³/mol. The zero-order valence-corrected chi connectivity index (χ0v) is 24.1. The summed E-state index contributed by atoms with van der Waals surface area (Å²) in [5.41, 5.74) is 3.08. The van der Waals surface area contributed by atoms with Crippen LogP contribution < -0.4 is 10.1 Å². The van der Waals surface area contributed by atoms with Crippen LogP contribution in [0.2, 0.25) is 5.21 Å². The fourth-order valence-corrected chi connectivity index (χ4v) is 10.3. The average Bonchev–Trinajstić information content (AvgIpc) is 3.56. The Bertz CT molecular complexity index is 1500. The molecule has 2 aliphatic heterocycles. The molecule has 7 rings (SSSR count). The van der Waals surface area contributed by atoms with Gasteiger partial charge in [-0.25, -0.2) is 0 Å². The van der Waals surface area contributed by atoms with Crippen LogP contribution in [-0.2, 0) is 17.6 Å². The van der Waals surface area contributed by atoms with Crippen molar-refractivity contribution in [2.75, 3.05) is 38.1 Å². The molecular weight excluding hydrogens is 561 g/mol. The van der Waals surface area contributed by atoms with Crippen LogP contribution in [0.3, 0.4) is 0 Å². The summed E-state index contributed by atoms with van der Waals surface area (Å²) >= 11 is 2.06. The second-order valence-electron chi connectivity index (χ2n) is 10.3. The zero-order valence-electron chi connectivity index (χ0n) is 21.4. The molecule has 11 heteroatoms. The Morgan fingerprint density at radius 1 is 1.29 bits per heavy atom. The Kier molecular flexibility index (Phi) is 6.50. The van der Waals surface area contributed by atoms with Crippen molar-refractivity contribution < 1.29 is 9.53 Å². The van der Waals surface area contributed by atoms with Crippen LogP contribution in [0.4, 0.5) is 11.5 Å². The van der Waals surface area contributed by atoms with Gasteiger partial charge in [0.15, 0.2) is 0 Å². The van der Waals surface area contributed by atoms with Crippen LogP contribution in [-0.4, -0.2) is 89.2 Å². The zero-order chi connectivity index (χ0) is 25.6. The van der Waals surface area contributed by atoms with Crippen molar-refractivity contribution in [3.8, 4) is 5.75 Å². The molecule has 1 aromatic carbocycles. The number of carbonyl (C=O) groups is 1. The van der Waals surface area contributed by atoms with Crippen molar-refractivity contribution in [2.45, 2.75) is 42.6 Å². The second kappa shape index (κ2) is 10.1. The number of piperazine rings is 1. The van der Waals surface area contributed by atoms with Gasteiger partial charge in [0, 0.05) is 11.5 Å². The number of aromatic nitrogens is 4. The van der Waals surface area contributed by atoms with Crippen molar-refractivity contribution in [3.05, 3.63) is 35.1 Å². The number of nitrogens with one attached hydrogen (secondary N) is 2. The standard InChI is InChI=1S/C27H31AsN7O2S/c1-2-37-21-12-19-17(13-31-33-19)10-20(21)32-25-24-18-5-4-16(11-22(18)38-26(24)30-15-29-25)27(36)35-9-8-34-7-3-6-28-23(34)14-35/h10,12-13,15-16,23H,2-9,11,14H2,1H3,(H,31,33)(H,29,30,32). The number of carbonyl (C=O) groups excluding carboxylic acids is 1. The number of thiophene rings is 1. The van der Waals surface area contributed by atoms with E-state index in [1.54, 1.807) is 17.7 Å². The van der Waals surface area contributed by atoms with Crippen LogP contribution in [0.1, 0.15) is 30.2 Å². The van der Waals surface area contributed by atoms with E-state index in [0.717, 1.165) is 77.3 Å².